The van der Waals surface area contributed by atoms with Gasteiger partial charge in [-0.15, -0.1) is 0 Å². The largest absolute Gasteiger partial charge is 0.493 e. The number of amides is 1. The van der Waals surface area contributed by atoms with E-state index in [0.717, 1.165) is 30.5 Å². The number of rotatable bonds is 7. The zero-order valence-electron chi connectivity index (χ0n) is 20.2. The van der Waals surface area contributed by atoms with Crippen molar-refractivity contribution in [2.24, 2.45) is 0 Å². The van der Waals surface area contributed by atoms with E-state index in [4.69, 9.17) is 18.6 Å². The van der Waals surface area contributed by atoms with Crippen LogP contribution >= 0.6 is 0 Å². The lowest BCUT2D eigenvalue weighted by molar-refractivity contribution is 0.0747. The van der Waals surface area contributed by atoms with Gasteiger partial charge in [0.15, 0.2) is 17.1 Å². The molecule has 0 radical (unpaired) electrons. The number of nitrogens with one attached hydrogen (secondary N) is 1. The lowest BCUT2D eigenvalue weighted by Crippen LogP contribution is -2.33. The van der Waals surface area contributed by atoms with Gasteiger partial charge in [-0.1, -0.05) is 0 Å². The van der Waals surface area contributed by atoms with Crippen molar-refractivity contribution in [1.29, 1.82) is 0 Å². The van der Waals surface area contributed by atoms with Gasteiger partial charge >= 0.3 is 0 Å². The quantitative estimate of drug-likeness (QED) is 0.401. The van der Waals surface area contributed by atoms with Crippen LogP contribution in [0, 0.1) is 0 Å². The molecular formula is C26H28N4O5. The highest BCUT2D eigenvalue weighted by atomic mass is 16.5. The number of anilines is 2. The zero-order chi connectivity index (χ0) is 24.5. The third kappa shape index (κ3) is 4.14. The summed E-state index contributed by atoms with van der Waals surface area (Å²) in [6.07, 6.45) is 7.21. The first kappa shape index (κ1) is 22.6. The number of hydrogen-bond acceptors (Lipinski definition) is 7. The van der Waals surface area contributed by atoms with Crippen molar-refractivity contribution in [3.8, 4) is 22.9 Å². The number of ether oxygens (including phenoxy) is 3. The number of nitrogens with zero attached hydrogens (tertiary/aromatic N) is 3. The van der Waals surface area contributed by atoms with Crippen molar-refractivity contribution in [2.45, 2.75) is 25.8 Å². The van der Waals surface area contributed by atoms with Crippen molar-refractivity contribution in [1.82, 2.24) is 14.5 Å². The van der Waals surface area contributed by atoms with Crippen molar-refractivity contribution in [3.05, 3.63) is 54.7 Å². The molecule has 2 aromatic carbocycles. The zero-order valence-corrected chi connectivity index (χ0v) is 20.2. The van der Waals surface area contributed by atoms with E-state index in [1.54, 1.807) is 33.9 Å². The first-order chi connectivity index (χ1) is 17.0. The first-order valence-corrected chi connectivity index (χ1v) is 11.5. The summed E-state index contributed by atoms with van der Waals surface area (Å²) in [7, 11) is 4.72. The Hall–Kier alpha value is -4.14. The molecule has 0 bridgehead atoms. The maximum atomic E-state index is 13.2. The number of likely N-dealkylation sites (tertiary alicyclic amines) is 1. The summed E-state index contributed by atoms with van der Waals surface area (Å²) in [5.74, 6) is 2.24. The number of hydrogen-bond donors (Lipinski definition) is 1. The lowest BCUT2D eigenvalue weighted by Gasteiger charge is -2.21. The Kier molecular flexibility index (Phi) is 5.98. The fourth-order valence-corrected chi connectivity index (χ4v) is 4.58. The summed E-state index contributed by atoms with van der Waals surface area (Å²) >= 11 is 0. The number of aromatic nitrogens is 2. The van der Waals surface area contributed by atoms with Crippen LogP contribution in [0.15, 0.2) is 53.5 Å². The van der Waals surface area contributed by atoms with Gasteiger partial charge in [0, 0.05) is 35.7 Å². The number of imidazole rings is 1. The highest BCUT2D eigenvalue weighted by Crippen LogP contribution is 2.39. The van der Waals surface area contributed by atoms with Gasteiger partial charge in [-0.2, -0.15) is 0 Å². The highest BCUT2D eigenvalue weighted by Gasteiger charge is 2.27. The second-order valence-electron chi connectivity index (χ2n) is 8.53. The van der Waals surface area contributed by atoms with E-state index in [9.17, 15) is 4.79 Å². The maximum Gasteiger partial charge on any atom is 0.254 e. The monoisotopic (exact) mass is 476 g/mol. The highest BCUT2D eigenvalue weighted by molar-refractivity contribution is 6.02. The summed E-state index contributed by atoms with van der Waals surface area (Å²) in [5.41, 5.74) is 2.76. The molecular weight excluding hydrogens is 448 g/mol. The number of methoxy groups -OCH3 is 3. The van der Waals surface area contributed by atoms with Crippen LogP contribution in [0.2, 0.25) is 0 Å². The van der Waals surface area contributed by atoms with Gasteiger partial charge in [-0.3, -0.25) is 4.79 Å². The molecule has 5 rings (SSSR count). The molecule has 1 atom stereocenters. The average Bonchev–Trinajstić information content (AvgIpc) is 3.63. The number of fused-ring (bicyclic) bond motifs is 1. The molecule has 35 heavy (non-hydrogen) atoms. The molecule has 1 fully saturated rings. The predicted molar refractivity (Wildman–Crippen MR) is 132 cm³/mol. The van der Waals surface area contributed by atoms with Crippen molar-refractivity contribution >= 4 is 28.4 Å². The van der Waals surface area contributed by atoms with Gasteiger partial charge in [0.1, 0.15) is 12.1 Å². The molecule has 0 aliphatic carbocycles. The van der Waals surface area contributed by atoms with Crippen molar-refractivity contribution in [2.75, 3.05) is 33.2 Å². The molecule has 182 valence electrons. The topological polar surface area (TPSA) is 91.0 Å². The number of benzene rings is 2. The molecule has 2 aromatic heterocycles. The molecule has 4 aromatic rings. The summed E-state index contributed by atoms with van der Waals surface area (Å²) in [6.45, 7) is 2.88. The molecule has 1 saturated heterocycles. The first-order valence-electron chi connectivity index (χ1n) is 11.5. The van der Waals surface area contributed by atoms with Crippen LogP contribution in [0.4, 0.5) is 11.5 Å². The van der Waals surface area contributed by atoms with Gasteiger partial charge in [0.05, 0.1) is 45.2 Å². The Morgan fingerprint density at radius 2 is 1.89 bits per heavy atom. The Bertz CT molecular complexity index is 1350. The molecule has 1 aliphatic rings. The maximum absolute atomic E-state index is 13.2. The van der Waals surface area contributed by atoms with E-state index in [1.807, 2.05) is 46.0 Å². The second-order valence-corrected chi connectivity index (χ2v) is 8.53. The number of furan rings is 1. The molecule has 9 nitrogen and oxygen atoms in total. The SMILES string of the molecule is COc1cc(-n2cnc(Nc3cc(C(=O)N4CCC[C@H]4C)cc4ccoc34)c2)cc(OC)c1OC. The smallest absolute Gasteiger partial charge is 0.254 e. The summed E-state index contributed by atoms with van der Waals surface area (Å²) in [6, 6.07) is 9.50. The molecule has 1 aliphatic heterocycles. The Balaban J connectivity index is 1.47. The van der Waals surface area contributed by atoms with Crippen LogP contribution in [0.5, 0.6) is 17.2 Å². The molecule has 3 heterocycles. The normalized spacial score (nSPS) is 15.4. The Morgan fingerprint density at radius 3 is 2.54 bits per heavy atom. The van der Waals surface area contributed by atoms with Gasteiger partial charge in [0.2, 0.25) is 5.75 Å². The van der Waals surface area contributed by atoms with Gasteiger partial charge in [-0.25, -0.2) is 4.98 Å². The fraction of sp³-hybridized carbons (Fsp3) is 0.308. The van der Waals surface area contributed by atoms with Crippen LogP contribution in [0.3, 0.4) is 0 Å². The molecule has 1 N–H and O–H groups in total. The molecule has 0 saturated carbocycles. The van der Waals surface area contributed by atoms with E-state index in [-0.39, 0.29) is 11.9 Å². The minimum absolute atomic E-state index is 0.0316. The minimum Gasteiger partial charge on any atom is -0.493 e. The summed E-state index contributed by atoms with van der Waals surface area (Å²) in [5, 5.41) is 4.17. The molecule has 1 amide bonds. The lowest BCUT2D eigenvalue weighted by atomic mass is 10.1. The summed E-state index contributed by atoms with van der Waals surface area (Å²) < 4.78 is 23.9. The molecule has 0 unspecified atom stereocenters. The predicted octanol–water partition coefficient (Wildman–Crippen LogP) is 5.01. The third-order valence-electron chi connectivity index (χ3n) is 6.40. The minimum atomic E-state index is 0.0316. The van der Waals surface area contributed by atoms with E-state index < -0.39 is 0 Å². The fourth-order valence-electron chi connectivity index (χ4n) is 4.58. The van der Waals surface area contributed by atoms with Crippen LogP contribution in [0.25, 0.3) is 16.7 Å². The third-order valence-corrected chi connectivity index (χ3v) is 6.40. The van der Waals surface area contributed by atoms with E-state index in [2.05, 4.69) is 17.2 Å². The Labute approximate surface area is 203 Å². The standard InChI is InChI=1S/C26H28N4O5/c1-16-6-5-8-30(16)26(31)18-10-17-7-9-35-24(17)20(11-18)28-23-14-29(15-27-23)19-12-21(32-2)25(34-4)22(13-19)33-3/h7,9-16,28H,5-6,8H2,1-4H3/t16-/m1/s1. The van der Waals surface area contributed by atoms with Gasteiger partial charge < -0.3 is 33.4 Å². The van der Waals surface area contributed by atoms with Crippen LogP contribution in [-0.4, -0.2) is 54.3 Å². The van der Waals surface area contributed by atoms with E-state index in [0.29, 0.717) is 39.9 Å². The summed E-state index contributed by atoms with van der Waals surface area (Å²) in [4.78, 5) is 19.6. The average molecular weight is 477 g/mol. The van der Waals surface area contributed by atoms with Crippen molar-refractivity contribution < 1.29 is 23.4 Å². The van der Waals surface area contributed by atoms with Crippen LogP contribution in [-0.2, 0) is 0 Å². The second kappa shape index (κ2) is 9.25. The Morgan fingerprint density at radius 1 is 1.11 bits per heavy atom. The van der Waals surface area contributed by atoms with Crippen LogP contribution < -0.4 is 19.5 Å². The molecule has 0 spiro atoms. The van der Waals surface area contributed by atoms with E-state index in [1.165, 1.54) is 0 Å². The van der Waals surface area contributed by atoms with Crippen molar-refractivity contribution in [3.63, 3.8) is 0 Å². The van der Waals surface area contributed by atoms with Gasteiger partial charge in [0.25, 0.3) is 5.91 Å². The number of carbonyl (C=O) groups is 1. The van der Waals surface area contributed by atoms with Crippen LogP contribution in [0.1, 0.15) is 30.1 Å². The molecule has 9 heteroatoms. The van der Waals surface area contributed by atoms with E-state index >= 15 is 0 Å². The number of carbonyl (C=O) groups excluding carboxylic acids is 1. The van der Waals surface area contributed by atoms with Gasteiger partial charge in [-0.05, 0) is 38.0 Å².